The first-order valence-electron chi connectivity index (χ1n) is 7.80. The summed E-state index contributed by atoms with van der Waals surface area (Å²) in [6.45, 7) is 8.18. The van der Waals surface area contributed by atoms with E-state index < -0.39 is 16.8 Å². The molecular weight excluding hydrogens is 354 g/mol. The summed E-state index contributed by atoms with van der Waals surface area (Å²) >= 11 is 6.05. The number of rotatable bonds is 5. The Balaban J connectivity index is 0.00000288. The second kappa shape index (κ2) is 7.56. The van der Waals surface area contributed by atoms with Crippen LogP contribution in [0.3, 0.4) is 0 Å². The van der Waals surface area contributed by atoms with Crippen molar-refractivity contribution in [3.05, 3.63) is 34.6 Å². The second-order valence-corrected chi connectivity index (χ2v) is 7.11. The predicted octanol–water partition coefficient (Wildman–Crippen LogP) is 3.61. The SMILES string of the molecule is CCOC1CC(N)(C(=O)NC(C)c2ccc(F)cc2Cl)C1(C)C.Cl. The largest absolute Gasteiger partial charge is 0.378 e. The highest BCUT2D eigenvalue weighted by Gasteiger charge is 2.62. The molecule has 4 nitrogen and oxygen atoms in total. The van der Waals surface area contributed by atoms with Gasteiger partial charge in [-0.1, -0.05) is 31.5 Å². The number of amides is 1. The lowest BCUT2D eigenvalue weighted by molar-refractivity contribution is -0.171. The molecule has 3 unspecified atom stereocenters. The zero-order valence-corrected chi connectivity index (χ0v) is 15.9. The van der Waals surface area contributed by atoms with Gasteiger partial charge < -0.3 is 15.8 Å². The quantitative estimate of drug-likeness (QED) is 0.822. The molecule has 0 saturated heterocycles. The van der Waals surface area contributed by atoms with E-state index in [-0.39, 0.29) is 35.5 Å². The van der Waals surface area contributed by atoms with Gasteiger partial charge in [-0.3, -0.25) is 4.79 Å². The van der Waals surface area contributed by atoms with Crippen molar-refractivity contribution in [1.29, 1.82) is 0 Å². The van der Waals surface area contributed by atoms with Crippen LogP contribution in [-0.2, 0) is 9.53 Å². The molecule has 0 radical (unpaired) electrons. The van der Waals surface area contributed by atoms with Crippen LogP contribution in [0.15, 0.2) is 18.2 Å². The van der Waals surface area contributed by atoms with Gasteiger partial charge in [-0.25, -0.2) is 4.39 Å². The van der Waals surface area contributed by atoms with Crippen LogP contribution in [0.2, 0.25) is 5.02 Å². The van der Waals surface area contributed by atoms with Crippen molar-refractivity contribution in [2.75, 3.05) is 6.61 Å². The molecule has 1 aromatic carbocycles. The Hall–Kier alpha value is -0.880. The molecule has 0 bridgehead atoms. The van der Waals surface area contributed by atoms with Gasteiger partial charge in [0.1, 0.15) is 11.4 Å². The van der Waals surface area contributed by atoms with Crippen molar-refractivity contribution < 1.29 is 13.9 Å². The first kappa shape index (κ1) is 21.2. The molecule has 3 N–H and O–H groups in total. The molecule has 2 rings (SSSR count). The third-order valence-electron chi connectivity index (χ3n) is 5.01. The van der Waals surface area contributed by atoms with Crippen LogP contribution >= 0.6 is 24.0 Å². The Labute approximate surface area is 153 Å². The molecule has 0 spiro atoms. The molecule has 0 aromatic heterocycles. The molecule has 0 heterocycles. The van der Waals surface area contributed by atoms with E-state index in [2.05, 4.69) is 5.32 Å². The minimum absolute atomic E-state index is 0. The highest BCUT2D eigenvalue weighted by molar-refractivity contribution is 6.31. The Bertz CT molecular complexity index is 612. The number of halogens is 3. The molecule has 1 fully saturated rings. The van der Waals surface area contributed by atoms with Crippen molar-refractivity contribution in [2.24, 2.45) is 11.1 Å². The molecule has 136 valence electrons. The first-order chi connectivity index (χ1) is 10.6. The van der Waals surface area contributed by atoms with Crippen molar-refractivity contribution >= 4 is 29.9 Å². The lowest BCUT2D eigenvalue weighted by Crippen LogP contribution is -2.75. The van der Waals surface area contributed by atoms with Crippen molar-refractivity contribution in [2.45, 2.75) is 51.8 Å². The van der Waals surface area contributed by atoms with E-state index in [1.165, 1.54) is 12.1 Å². The maximum atomic E-state index is 13.1. The molecule has 0 aliphatic heterocycles. The van der Waals surface area contributed by atoms with Gasteiger partial charge in [-0.2, -0.15) is 0 Å². The van der Waals surface area contributed by atoms with Gasteiger partial charge in [-0.15, -0.1) is 12.4 Å². The summed E-state index contributed by atoms with van der Waals surface area (Å²) in [5.41, 5.74) is 5.55. The van der Waals surface area contributed by atoms with E-state index in [0.29, 0.717) is 18.6 Å². The van der Waals surface area contributed by atoms with E-state index >= 15 is 0 Å². The van der Waals surface area contributed by atoms with Gasteiger partial charge in [0, 0.05) is 23.5 Å². The number of carbonyl (C=O) groups excluding carboxylic acids is 1. The normalized spacial score (nSPS) is 26.0. The number of hydrogen-bond donors (Lipinski definition) is 2. The fraction of sp³-hybridized carbons (Fsp3) is 0.588. The fourth-order valence-electron chi connectivity index (χ4n) is 3.08. The molecule has 1 saturated carbocycles. The number of nitrogens with two attached hydrogens (primary N) is 1. The second-order valence-electron chi connectivity index (χ2n) is 6.70. The van der Waals surface area contributed by atoms with E-state index in [4.69, 9.17) is 22.1 Å². The van der Waals surface area contributed by atoms with E-state index in [1.54, 1.807) is 13.0 Å². The molecule has 1 aliphatic carbocycles. The highest BCUT2D eigenvalue weighted by atomic mass is 35.5. The number of carbonyl (C=O) groups is 1. The van der Waals surface area contributed by atoms with Crippen LogP contribution in [0.4, 0.5) is 4.39 Å². The molecule has 3 atom stereocenters. The zero-order valence-electron chi connectivity index (χ0n) is 14.4. The average Bonchev–Trinajstić information content (AvgIpc) is 2.46. The van der Waals surface area contributed by atoms with Gasteiger partial charge >= 0.3 is 0 Å². The average molecular weight is 379 g/mol. The van der Waals surface area contributed by atoms with Gasteiger partial charge in [0.15, 0.2) is 0 Å². The zero-order chi connectivity index (χ0) is 17.4. The van der Waals surface area contributed by atoms with Crippen molar-refractivity contribution in [3.63, 3.8) is 0 Å². The summed E-state index contributed by atoms with van der Waals surface area (Å²) in [7, 11) is 0. The lowest BCUT2D eigenvalue weighted by atomic mass is 9.54. The van der Waals surface area contributed by atoms with E-state index in [9.17, 15) is 9.18 Å². The molecular formula is C17H25Cl2FN2O2. The Morgan fingerprint density at radius 3 is 2.67 bits per heavy atom. The summed E-state index contributed by atoms with van der Waals surface area (Å²) < 4.78 is 18.8. The maximum Gasteiger partial charge on any atom is 0.241 e. The summed E-state index contributed by atoms with van der Waals surface area (Å²) in [5, 5.41) is 3.17. The Morgan fingerprint density at radius 1 is 1.54 bits per heavy atom. The molecule has 1 aromatic rings. The third kappa shape index (κ3) is 3.54. The summed E-state index contributed by atoms with van der Waals surface area (Å²) in [6.07, 6.45) is 0.441. The van der Waals surface area contributed by atoms with E-state index in [1.807, 2.05) is 20.8 Å². The number of nitrogens with one attached hydrogen (secondary N) is 1. The number of hydrogen-bond acceptors (Lipinski definition) is 3. The minimum atomic E-state index is -0.992. The number of ether oxygens (including phenoxy) is 1. The molecule has 24 heavy (non-hydrogen) atoms. The van der Waals surface area contributed by atoms with Crippen LogP contribution in [0, 0.1) is 11.2 Å². The van der Waals surface area contributed by atoms with Crippen LogP contribution in [0.25, 0.3) is 0 Å². The summed E-state index contributed by atoms with van der Waals surface area (Å²) in [6, 6.07) is 3.76. The first-order valence-corrected chi connectivity index (χ1v) is 8.17. The molecule has 7 heteroatoms. The van der Waals surface area contributed by atoms with Gasteiger partial charge in [0.2, 0.25) is 5.91 Å². The smallest absolute Gasteiger partial charge is 0.241 e. The molecule has 1 aliphatic rings. The number of benzene rings is 1. The summed E-state index contributed by atoms with van der Waals surface area (Å²) in [4.78, 5) is 12.7. The van der Waals surface area contributed by atoms with Crippen molar-refractivity contribution in [1.82, 2.24) is 5.32 Å². The third-order valence-corrected chi connectivity index (χ3v) is 5.34. The monoisotopic (exact) mass is 378 g/mol. The van der Waals surface area contributed by atoms with Gasteiger partial charge in [0.05, 0.1) is 12.1 Å². The van der Waals surface area contributed by atoms with Crippen LogP contribution in [0.5, 0.6) is 0 Å². The van der Waals surface area contributed by atoms with Crippen LogP contribution in [-0.4, -0.2) is 24.2 Å². The topological polar surface area (TPSA) is 64.3 Å². The highest BCUT2D eigenvalue weighted by Crippen LogP contribution is 2.50. The van der Waals surface area contributed by atoms with Gasteiger partial charge in [0.25, 0.3) is 0 Å². The lowest BCUT2D eigenvalue weighted by Gasteiger charge is -2.57. The van der Waals surface area contributed by atoms with Crippen molar-refractivity contribution in [3.8, 4) is 0 Å². The Morgan fingerprint density at radius 2 is 2.17 bits per heavy atom. The van der Waals surface area contributed by atoms with Gasteiger partial charge in [-0.05, 0) is 31.5 Å². The maximum absolute atomic E-state index is 13.1. The Kier molecular flexibility index (Phi) is 6.67. The van der Waals surface area contributed by atoms with Crippen LogP contribution < -0.4 is 11.1 Å². The predicted molar refractivity (Wildman–Crippen MR) is 95.9 cm³/mol. The fourth-order valence-corrected chi connectivity index (χ4v) is 3.41. The minimum Gasteiger partial charge on any atom is -0.378 e. The summed E-state index contributed by atoms with van der Waals surface area (Å²) in [5.74, 6) is -0.654. The van der Waals surface area contributed by atoms with E-state index in [0.717, 1.165) is 0 Å². The standard InChI is InChI=1S/C17H24ClFN2O2.ClH/c1-5-23-14-9-17(20,16(14,3)4)15(22)21-10(2)12-7-6-11(19)8-13(12)18;/h6-8,10,14H,5,9,20H2,1-4H3,(H,21,22);1H. The molecule has 1 amide bonds. The van der Waals surface area contributed by atoms with Crippen LogP contribution in [0.1, 0.15) is 45.7 Å².